The van der Waals surface area contributed by atoms with Crippen LogP contribution in [0.5, 0.6) is 0 Å². The molecule has 1 unspecified atom stereocenters. The summed E-state index contributed by atoms with van der Waals surface area (Å²) >= 11 is 0. The molecule has 0 aromatic carbocycles. The monoisotopic (exact) mass is 243 g/mol. The minimum absolute atomic E-state index is 0.243. The summed E-state index contributed by atoms with van der Waals surface area (Å²) in [7, 11) is -1.05. The number of aryl methyl sites for hydroxylation is 1. The normalized spacial score (nSPS) is 23.8. The van der Waals surface area contributed by atoms with Gasteiger partial charge in [0.2, 0.25) is 0 Å². The maximum absolute atomic E-state index is 11.7. The van der Waals surface area contributed by atoms with E-state index >= 15 is 0 Å². The van der Waals surface area contributed by atoms with Crippen molar-refractivity contribution in [3.05, 3.63) is 17.5 Å². The van der Waals surface area contributed by atoms with Crippen molar-refractivity contribution in [2.24, 2.45) is 12.8 Å². The smallest absolute Gasteiger partial charge is 0.153 e. The first-order valence-electron chi connectivity index (χ1n) is 5.46. The highest BCUT2D eigenvalue weighted by Crippen LogP contribution is 2.23. The maximum Gasteiger partial charge on any atom is 0.153 e. The third kappa shape index (κ3) is 2.12. The van der Waals surface area contributed by atoms with Crippen LogP contribution in [-0.2, 0) is 29.9 Å². The molecule has 0 saturated carbocycles. The quantitative estimate of drug-likeness (QED) is 0.810. The summed E-state index contributed by atoms with van der Waals surface area (Å²) < 4.78 is 25.1. The molecular formula is C10H17N3O2S. The molecule has 16 heavy (non-hydrogen) atoms. The minimum atomic E-state index is -2.88. The first-order chi connectivity index (χ1) is 7.53. The standard InChI is InChI=1S/C10H17N3O2S/c1-13-9(7-11)5-8(12-13)6-10-3-2-4-16(10,14)15/h5,10H,2-4,6-7,11H2,1H3. The first-order valence-corrected chi connectivity index (χ1v) is 7.18. The SMILES string of the molecule is Cn1nc(CC2CCCS2(=O)=O)cc1CN. The molecule has 90 valence electrons. The van der Waals surface area contributed by atoms with Gasteiger partial charge in [-0.05, 0) is 18.9 Å². The molecule has 1 aliphatic rings. The maximum atomic E-state index is 11.7. The van der Waals surface area contributed by atoms with Crippen LogP contribution in [-0.4, -0.2) is 29.2 Å². The van der Waals surface area contributed by atoms with E-state index in [0.717, 1.165) is 24.2 Å². The second kappa shape index (κ2) is 4.18. The Bertz CT molecular complexity index is 478. The zero-order chi connectivity index (χ0) is 11.8. The molecule has 1 aromatic rings. The number of sulfone groups is 1. The molecule has 0 radical (unpaired) electrons. The van der Waals surface area contributed by atoms with Crippen molar-refractivity contribution in [2.45, 2.75) is 31.1 Å². The third-order valence-corrected chi connectivity index (χ3v) is 5.41. The number of rotatable bonds is 3. The Morgan fingerprint density at radius 1 is 1.62 bits per heavy atom. The van der Waals surface area contributed by atoms with Crippen molar-refractivity contribution in [3.63, 3.8) is 0 Å². The first kappa shape index (κ1) is 11.6. The highest BCUT2D eigenvalue weighted by atomic mass is 32.2. The van der Waals surface area contributed by atoms with Crippen LogP contribution >= 0.6 is 0 Å². The van der Waals surface area contributed by atoms with Gasteiger partial charge in [0.15, 0.2) is 9.84 Å². The fraction of sp³-hybridized carbons (Fsp3) is 0.700. The van der Waals surface area contributed by atoms with E-state index in [9.17, 15) is 8.42 Å². The van der Waals surface area contributed by atoms with Gasteiger partial charge >= 0.3 is 0 Å². The van der Waals surface area contributed by atoms with Gasteiger partial charge in [-0.15, -0.1) is 0 Å². The number of nitrogens with two attached hydrogens (primary N) is 1. The van der Waals surface area contributed by atoms with E-state index in [2.05, 4.69) is 5.10 Å². The summed E-state index contributed by atoms with van der Waals surface area (Å²) in [5, 5.41) is 4.04. The molecule has 0 amide bonds. The van der Waals surface area contributed by atoms with Crippen molar-refractivity contribution in [1.29, 1.82) is 0 Å². The molecule has 1 saturated heterocycles. The van der Waals surface area contributed by atoms with Crippen LogP contribution in [0.3, 0.4) is 0 Å². The fourth-order valence-corrected chi connectivity index (χ4v) is 4.04. The van der Waals surface area contributed by atoms with Crippen LogP contribution in [0.2, 0.25) is 0 Å². The van der Waals surface area contributed by atoms with Gasteiger partial charge in [0.1, 0.15) is 0 Å². The highest BCUT2D eigenvalue weighted by molar-refractivity contribution is 7.92. The van der Waals surface area contributed by atoms with E-state index < -0.39 is 9.84 Å². The lowest BCUT2D eigenvalue weighted by Gasteiger charge is -2.05. The van der Waals surface area contributed by atoms with E-state index in [-0.39, 0.29) is 5.25 Å². The van der Waals surface area contributed by atoms with Crippen molar-refractivity contribution < 1.29 is 8.42 Å². The van der Waals surface area contributed by atoms with Crippen molar-refractivity contribution in [2.75, 3.05) is 5.75 Å². The Morgan fingerprint density at radius 2 is 2.38 bits per heavy atom. The Balaban J connectivity index is 2.15. The van der Waals surface area contributed by atoms with Gasteiger partial charge in [-0.2, -0.15) is 5.10 Å². The van der Waals surface area contributed by atoms with Crippen LogP contribution in [0.15, 0.2) is 6.07 Å². The van der Waals surface area contributed by atoms with Crippen LogP contribution in [0.1, 0.15) is 24.2 Å². The fourth-order valence-electron chi connectivity index (χ4n) is 2.18. The zero-order valence-corrected chi connectivity index (χ0v) is 10.2. The molecule has 1 aromatic heterocycles. The lowest BCUT2D eigenvalue weighted by Crippen LogP contribution is -2.18. The molecule has 2 N–H and O–H groups in total. The molecule has 0 bridgehead atoms. The van der Waals surface area contributed by atoms with Gasteiger partial charge in [-0.3, -0.25) is 4.68 Å². The predicted molar refractivity (Wildman–Crippen MR) is 61.6 cm³/mol. The predicted octanol–water partition coefficient (Wildman–Crippen LogP) is -0.00150. The molecular weight excluding hydrogens is 226 g/mol. The average molecular weight is 243 g/mol. The summed E-state index contributed by atoms with van der Waals surface area (Å²) in [6.45, 7) is 0.431. The molecule has 1 atom stereocenters. The Hall–Kier alpha value is -0.880. The topological polar surface area (TPSA) is 78.0 Å². The van der Waals surface area contributed by atoms with Gasteiger partial charge in [0, 0.05) is 20.0 Å². The van der Waals surface area contributed by atoms with Crippen LogP contribution in [0.4, 0.5) is 0 Å². The van der Waals surface area contributed by atoms with Crippen molar-refractivity contribution in [1.82, 2.24) is 9.78 Å². The number of nitrogens with zero attached hydrogens (tertiary/aromatic N) is 2. The molecule has 1 fully saturated rings. The zero-order valence-electron chi connectivity index (χ0n) is 9.39. The van der Waals surface area contributed by atoms with Crippen molar-refractivity contribution in [3.8, 4) is 0 Å². The van der Waals surface area contributed by atoms with E-state index in [1.54, 1.807) is 4.68 Å². The highest BCUT2D eigenvalue weighted by Gasteiger charge is 2.31. The van der Waals surface area contributed by atoms with Gasteiger partial charge < -0.3 is 5.73 Å². The van der Waals surface area contributed by atoms with E-state index in [1.165, 1.54) is 0 Å². The van der Waals surface area contributed by atoms with Crippen molar-refractivity contribution >= 4 is 9.84 Å². The van der Waals surface area contributed by atoms with E-state index in [0.29, 0.717) is 18.7 Å². The molecule has 6 heteroatoms. The van der Waals surface area contributed by atoms with Gasteiger partial charge in [-0.25, -0.2) is 8.42 Å². The number of hydrogen-bond acceptors (Lipinski definition) is 4. The van der Waals surface area contributed by atoms with E-state index in [4.69, 9.17) is 5.73 Å². The second-order valence-electron chi connectivity index (χ2n) is 4.29. The molecule has 5 nitrogen and oxygen atoms in total. The number of hydrogen-bond donors (Lipinski definition) is 1. The summed E-state index contributed by atoms with van der Waals surface area (Å²) in [6.07, 6.45) is 2.07. The second-order valence-corrected chi connectivity index (χ2v) is 6.69. The lowest BCUT2D eigenvalue weighted by atomic mass is 10.1. The van der Waals surface area contributed by atoms with Crippen LogP contribution < -0.4 is 5.73 Å². The summed E-state index contributed by atoms with van der Waals surface area (Å²) in [5.41, 5.74) is 7.31. The van der Waals surface area contributed by atoms with Gasteiger partial charge in [-0.1, -0.05) is 0 Å². The lowest BCUT2D eigenvalue weighted by molar-refractivity contribution is 0.586. The molecule has 0 spiro atoms. The Morgan fingerprint density at radius 3 is 2.88 bits per heavy atom. The average Bonchev–Trinajstić information content (AvgIpc) is 2.71. The van der Waals surface area contributed by atoms with E-state index in [1.807, 2.05) is 13.1 Å². The Labute approximate surface area is 95.6 Å². The molecule has 0 aliphatic carbocycles. The van der Waals surface area contributed by atoms with Gasteiger partial charge in [0.05, 0.1) is 22.4 Å². The minimum Gasteiger partial charge on any atom is -0.325 e. The van der Waals surface area contributed by atoms with Gasteiger partial charge in [0.25, 0.3) is 0 Å². The largest absolute Gasteiger partial charge is 0.325 e. The summed E-state index contributed by atoms with van der Waals surface area (Å²) in [6, 6.07) is 1.90. The van der Waals surface area contributed by atoms with Crippen LogP contribution in [0, 0.1) is 0 Å². The third-order valence-electron chi connectivity index (χ3n) is 3.14. The number of aromatic nitrogens is 2. The Kier molecular flexibility index (Phi) is 3.03. The molecule has 2 heterocycles. The molecule has 2 rings (SSSR count). The summed E-state index contributed by atoms with van der Waals surface area (Å²) in [4.78, 5) is 0. The molecule has 1 aliphatic heterocycles. The summed E-state index contributed by atoms with van der Waals surface area (Å²) in [5.74, 6) is 0.328. The van der Waals surface area contributed by atoms with Crippen LogP contribution in [0.25, 0.3) is 0 Å².